The molecule has 2 unspecified atom stereocenters. The second-order valence-electron chi connectivity index (χ2n) is 4.73. The molecule has 0 aromatic carbocycles. The molecule has 1 saturated heterocycles. The van der Waals surface area contributed by atoms with Crippen LogP contribution in [0.4, 0.5) is 5.95 Å². The number of ether oxygens (including phenoxy) is 1. The van der Waals surface area contributed by atoms with Crippen LogP contribution in [0.1, 0.15) is 13.3 Å². The van der Waals surface area contributed by atoms with Gasteiger partial charge in [0.25, 0.3) is 0 Å². The summed E-state index contributed by atoms with van der Waals surface area (Å²) in [4.78, 5) is 10.8. The van der Waals surface area contributed by atoms with E-state index in [4.69, 9.17) is 4.74 Å². The maximum Gasteiger partial charge on any atom is 0.223 e. The Labute approximate surface area is 102 Å². The summed E-state index contributed by atoms with van der Waals surface area (Å²) in [5.41, 5.74) is 0. The molecule has 1 N–H and O–H groups in total. The third-order valence-corrected chi connectivity index (χ3v) is 3.29. The number of piperidine rings is 1. The van der Waals surface area contributed by atoms with Gasteiger partial charge in [-0.15, -0.1) is 0 Å². The summed E-state index contributed by atoms with van der Waals surface area (Å²) < 4.78 is 5.03. The number of hydrogen-bond acceptors (Lipinski definition) is 5. The lowest BCUT2D eigenvalue weighted by molar-refractivity contribution is 0.205. The van der Waals surface area contributed by atoms with Gasteiger partial charge in [-0.3, -0.25) is 0 Å². The summed E-state index contributed by atoms with van der Waals surface area (Å²) >= 11 is 0. The summed E-state index contributed by atoms with van der Waals surface area (Å²) in [6.45, 7) is 4.50. The second-order valence-corrected chi connectivity index (χ2v) is 4.73. The Morgan fingerprint density at radius 1 is 1.41 bits per heavy atom. The second kappa shape index (κ2) is 5.31. The van der Waals surface area contributed by atoms with Crippen molar-refractivity contribution in [3.05, 3.63) is 12.4 Å². The van der Waals surface area contributed by atoms with Crippen molar-refractivity contribution in [1.82, 2.24) is 14.9 Å². The maximum absolute atomic E-state index is 5.03. The van der Waals surface area contributed by atoms with Crippen LogP contribution in [0.5, 0.6) is 5.75 Å². The van der Waals surface area contributed by atoms with Gasteiger partial charge in [0.15, 0.2) is 5.75 Å². The predicted octanol–water partition coefficient (Wildman–Crippen LogP) is 1.24. The topological polar surface area (TPSA) is 50.3 Å². The summed E-state index contributed by atoms with van der Waals surface area (Å²) in [5.74, 6) is 1.98. The third kappa shape index (κ3) is 3.06. The molecule has 17 heavy (non-hydrogen) atoms. The van der Waals surface area contributed by atoms with Gasteiger partial charge in [-0.05, 0) is 25.9 Å². The van der Waals surface area contributed by atoms with Crippen molar-refractivity contribution >= 4 is 5.95 Å². The van der Waals surface area contributed by atoms with E-state index in [9.17, 15) is 0 Å². The van der Waals surface area contributed by atoms with Crippen LogP contribution in [-0.4, -0.2) is 48.2 Å². The molecule has 5 nitrogen and oxygen atoms in total. The van der Waals surface area contributed by atoms with Crippen LogP contribution in [0.15, 0.2) is 12.4 Å². The largest absolute Gasteiger partial charge is 0.494 e. The molecule has 0 aliphatic carbocycles. The molecule has 0 amide bonds. The highest BCUT2D eigenvalue weighted by Gasteiger charge is 2.24. The van der Waals surface area contributed by atoms with Crippen molar-refractivity contribution in [3.63, 3.8) is 0 Å². The van der Waals surface area contributed by atoms with Gasteiger partial charge in [-0.1, -0.05) is 6.92 Å². The Hall–Kier alpha value is -1.36. The lowest BCUT2D eigenvalue weighted by Crippen LogP contribution is -2.43. The number of nitrogens with zero attached hydrogens (tertiary/aromatic N) is 3. The average molecular weight is 236 g/mol. The summed E-state index contributed by atoms with van der Waals surface area (Å²) in [6.07, 6.45) is 4.51. The Balaban J connectivity index is 1.95. The van der Waals surface area contributed by atoms with Crippen LogP contribution in [0.2, 0.25) is 0 Å². The molecule has 1 fully saturated rings. The first-order valence-electron chi connectivity index (χ1n) is 6.00. The van der Waals surface area contributed by atoms with E-state index in [-0.39, 0.29) is 0 Å². The Bertz CT molecular complexity index is 354. The molecule has 5 heteroatoms. The molecule has 2 heterocycles. The maximum atomic E-state index is 5.03. The summed E-state index contributed by atoms with van der Waals surface area (Å²) in [6, 6.07) is 0.458. The van der Waals surface area contributed by atoms with Crippen LogP contribution in [-0.2, 0) is 0 Å². The minimum atomic E-state index is 0.458. The van der Waals surface area contributed by atoms with E-state index in [0.29, 0.717) is 23.7 Å². The molecule has 94 valence electrons. The monoisotopic (exact) mass is 236 g/mol. The minimum Gasteiger partial charge on any atom is -0.494 e. The van der Waals surface area contributed by atoms with E-state index in [0.717, 1.165) is 19.5 Å². The molecule has 0 bridgehead atoms. The first-order chi connectivity index (χ1) is 8.19. The number of likely N-dealkylation sites (tertiary alicyclic amines) is 1. The van der Waals surface area contributed by atoms with Gasteiger partial charge in [-0.25, -0.2) is 9.97 Å². The van der Waals surface area contributed by atoms with Gasteiger partial charge in [0.2, 0.25) is 5.95 Å². The molecule has 1 aliphatic rings. The number of nitrogens with one attached hydrogen (secondary N) is 1. The van der Waals surface area contributed by atoms with Crippen molar-refractivity contribution in [1.29, 1.82) is 0 Å². The standard InChI is InChI=1S/C12H20N4O/c1-9-8-16(2)5-4-11(9)15-12-13-6-10(17-3)7-14-12/h6-7,9,11H,4-5,8H2,1-3H3,(H,13,14,15). The van der Waals surface area contributed by atoms with E-state index < -0.39 is 0 Å². The first-order valence-corrected chi connectivity index (χ1v) is 6.00. The third-order valence-electron chi connectivity index (χ3n) is 3.29. The Morgan fingerprint density at radius 3 is 2.71 bits per heavy atom. The zero-order valence-corrected chi connectivity index (χ0v) is 10.7. The number of aromatic nitrogens is 2. The molecule has 2 rings (SSSR count). The van der Waals surface area contributed by atoms with Gasteiger partial charge in [0.05, 0.1) is 19.5 Å². The van der Waals surface area contributed by atoms with Crippen LogP contribution in [0.25, 0.3) is 0 Å². The highest BCUT2D eigenvalue weighted by molar-refractivity contribution is 5.28. The smallest absolute Gasteiger partial charge is 0.223 e. The molecule has 0 spiro atoms. The van der Waals surface area contributed by atoms with E-state index in [2.05, 4.69) is 34.2 Å². The molecular weight excluding hydrogens is 216 g/mol. The molecule has 2 atom stereocenters. The van der Waals surface area contributed by atoms with Crippen molar-refractivity contribution < 1.29 is 4.74 Å². The zero-order valence-electron chi connectivity index (χ0n) is 10.7. The van der Waals surface area contributed by atoms with Crippen LogP contribution in [0, 0.1) is 5.92 Å². The van der Waals surface area contributed by atoms with Crippen LogP contribution < -0.4 is 10.1 Å². The van der Waals surface area contributed by atoms with Crippen molar-refractivity contribution in [3.8, 4) is 5.75 Å². The zero-order chi connectivity index (χ0) is 12.3. The highest BCUT2D eigenvalue weighted by Crippen LogP contribution is 2.19. The minimum absolute atomic E-state index is 0.458. The first kappa shape index (κ1) is 12.1. The number of methoxy groups -OCH3 is 1. The lowest BCUT2D eigenvalue weighted by atomic mass is 9.94. The predicted molar refractivity (Wildman–Crippen MR) is 67.3 cm³/mol. The van der Waals surface area contributed by atoms with Gasteiger partial charge < -0.3 is 15.0 Å². The van der Waals surface area contributed by atoms with Gasteiger partial charge >= 0.3 is 0 Å². The molecule has 1 aromatic rings. The molecule has 0 saturated carbocycles. The van der Waals surface area contributed by atoms with E-state index in [1.807, 2.05) is 0 Å². The SMILES string of the molecule is COc1cnc(NC2CCN(C)CC2C)nc1. The summed E-state index contributed by atoms with van der Waals surface area (Å²) in [7, 11) is 3.78. The molecule has 1 aliphatic heterocycles. The highest BCUT2D eigenvalue weighted by atomic mass is 16.5. The van der Waals surface area contributed by atoms with Crippen LogP contribution >= 0.6 is 0 Å². The lowest BCUT2D eigenvalue weighted by Gasteiger charge is -2.35. The Kier molecular flexibility index (Phi) is 3.78. The average Bonchev–Trinajstić information content (AvgIpc) is 2.34. The normalized spacial score (nSPS) is 25.6. The molecular formula is C12H20N4O. The number of anilines is 1. The summed E-state index contributed by atoms with van der Waals surface area (Å²) in [5, 5.41) is 3.40. The van der Waals surface area contributed by atoms with Gasteiger partial charge in [0, 0.05) is 12.6 Å². The van der Waals surface area contributed by atoms with E-state index in [1.165, 1.54) is 0 Å². The van der Waals surface area contributed by atoms with Crippen molar-refractivity contribution in [2.45, 2.75) is 19.4 Å². The number of hydrogen-bond donors (Lipinski definition) is 1. The quantitative estimate of drug-likeness (QED) is 0.855. The van der Waals surface area contributed by atoms with Gasteiger partial charge in [-0.2, -0.15) is 0 Å². The van der Waals surface area contributed by atoms with Crippen molar-refractivity contribution in [2.75, 3.05) is 32.6 Å². The molecule has 0 radical (unpaired) electrons. The van der Waals surface area contributed by atoms with E-state index in [1.54, 1.807) is 19.5 Å². The van der Waals surface area contributed by atoms with E-state index >= 15 is 0 Å². The van der Waals surface area contributed by atoms with Crippen molar-refractivity contribution in [2.24, 2.45) is 5.92 Å². The van der Waals surface area contributed by atoms with Gasteiger partial charge in [0.1, 0.15) is 0 Å². The van der Waals surface area contributed by atoms with Crippen LogP contribution in [0.3, 0.4) is 0 Å². The molecule has 1 aromatic heterocycles. The Morgan fingerprint density at radius 2 is 2.12 bits per heavy atom. The fraction of sp³-hybridized carbons (Fsp3) is 0.667. The fourth-order valence-corrected chi connectivity index (χ4v) is 2.23. The fourth-order valence-electron chi connectivity index (χ4n) is 2.23. The number of rotatable bonds is 3.